The number of fused-ring (bicyclic) bond motifs is 1. The van der Waals surface area contributed by atoms with Crippen molar-refractivity contribution < 1.29 is 0 Å². The Morgan fingerprint density at radius 2 is 2.05 bits per heavy atom. The van der Waals surface area contributed by atoms with Crippen LogP contribution in [0.2, 0.25) is 0 Å². The van der Waals surface area contributed by atoms with Crippen molar-refractivity contribution in [3.63, 3.8) is 0 Å². The number of nitrogens with one attached hydrogen (secondary N) is 1. The highest BCUT2D eigenvalue weighted by Gasteiger charge is 2.23. The van der Waals surface area contributed by atoms with E-state index < -0.39 is 0 Å². The van der Waals surface area contributed by atoms with E-state index in [1.165, 1.54) is 51.5 Å². The SMILES string of the molecule is Cc1ccc2c(Br)c(C3CCCCN3)n(C)c2c1C. The van der Waals surface area contributed by atoms with Gasteiger partial charge in [-0.05, 0) is 60.3 Å². The van der Waals surface area contributed by atoms with E-state index in [0.29, 0.717) is 6.04 Å². The highest BCUT2D eigenvalue weighted by Crippen LogP contribution is 2.38. The Balaban J connectivity index is 2.22. The molecule has 1 aliphatic heterocycles. The molecule has 1 aromatic heterocycles. The summed E-state index contributed by atoms with van der Waals surface area (Å²) in [5.41, 5.74) is 5.53. The molecule has 0 amide bonds. The number of piperidine rings is 1. The number of nitrogens with zero attached hydrogens (tertiary/aromatic N) is 1. The second kappa shape index (κ2) is 4.95. The fourth-order valence-electron chi connectivity index (χ4n) is 3.29. The summed E-state index contributed by atoms with van der Waals surface area (Å²) in [4.78, 5) is 0. The number of hydrogen-bond acceptors (Lipinski definition) is 1. The van der Waals surface area contributed by atoms with Crippen LogP contribution in [0, 0.1) is 13.8 Å². The summed E-state index contributed by atoms with van der Waals surface area (Å²) < 4.78 is 3.65. The standard InChI is InChI=1S/C16H21BrN2/c1-10-7-8-12-14(17)16(13-6-4-5-9-18-13)19(3)15(12)11(10)2/h7-8,13,18H,4-6,9H2,1-3H3. The Labute approximate surface area is 123 Å². The molecular formula is C16H21BrN2. The quantitative estimate of drug-likeness (QED) is 0.825. The van der Waals surface area contributed by atoms with E-state index in [2.05, 4.69) is 58.8 Å². The van der Waals surface area contributed by atoms with Crippen LogP contribution in [0.25, 0.3) is 10.9 Å². The molecule has 2 aromatic rings. The second-order valence-corrected chi connectivity index (χ2v) is 6.46. The predicted octanol–water partition coefficient (Wildman–Crippen LogP) is 4.37. The molecule has 1 aromatic carbocycles. The van der Waals surface area contributed by atoms with Crippen LogP contribution in [0.1, 0.15) is 42.1 Å². The van der Waals surface area contributed by atoms with Crippen LogP contribution >= 0.6 is 15.9 Å². The van der Waals surface area contributed by atoms with Crippen molar-refractivity contribution in [1.29, 1.82) is 0 Å². The zero-order valence-electron chi connectivity index (χ0n) is 11.9. The molecule has 0 spiro atoms. The maximum Gasteiger partial charge on any atom is 0.0524 e. The topological polar surface area (TPSA) is 17.0 Å². The Kier molecular flexibility index (Phi) is 3.44. The fourth-order valence-corrected chi connectivity index (χ4v) is 4.15. The third kappa shape index (κ3) is 2.03. The summed E-state index contributed by atoms with van der Waals surface area (Å²) in [6, 6.07) is 4.95. The maximum atomic E-state index is 3.84. The van der Waals surface area contributed by atoms with Crippen LogP contribution in [-0.4, -0.2) is 11.1 Å². The third-order valence-electron chi connectivity index (χ3n) is 4.50. The van der Waals surface area contributed by atoms with Gasteiger partial charge in [-0.3, -0.25) is 0 Å². The summed E-state index contributed by atoms with van der Waals surface area (Å²) >= 11 is 3.84. The molecule has 0 radical (unpaired) electrons. The Hall–Kier alpha value is -0.800. The summed E-state index contributed by atoms with van der Waals surface area (Å²) in [6.45, 7) is 5.55. The number of hydrogen-bond donors (Lipinski definition) is 1. The monoisotopic (exact) mass is 320 g/mol. The number of halogens is 1. The number of aromatic nitrogens is 1. The fraction of sp³-hybridized carbons (Fsp3) is 0.500. The molecule has 0 aliphatic carbocycles. The molecule has 19 heavy (non-hydrogen) atoms. The summed E-state index contributed by atoms with van der Waals surface area (Å²) in [5.74, 6) is 0. The first-order valence-electron chi connectivity index (χ1n) is 7.08. The Morgan fingerprint density at radius 1 is 1.26 bits per heavy atom. The van der Waals surface area contributed by atoms with Crippen LogP contribution < -0.4 is 5.32 Å². The number of benzene rings is 1. The minimum Gasteiger partial charge on any atom is -0.345 e. The van der Waals surface area contributed by atoms with Crippen molar-refractivity contribution in [2.45, 2.75) is 39.2 Å². The van der Waals surface area contributed by atoms with Crippen LogP contribution in [0.5, 0.6) is 0 Å². The van der Waals surface area contributed by atoms with Gasteiger partial charge in [0.15, 0.2) is 0 Å². The molecule has 102 valence electrons. The van der Waals surface area contributed by atoms with Gasteiger partial charge in [0.1, 0.15) is 0 Å². The van der Waals surface area contributed by atoms with Gasteiger partial charge in [-0.25, -0.2) is 0 Å². The average molecular weight is 321 g/mol. The molecule has 1 unspecified atom stereocenters. The Morgan fingerprint density at radius 3 is 2.74 bits per heavy atom. The molecule has 2 heterocycles. The van der Waals surface area contributed by atoms with E-state index in [0.717, 1.165) is 6.54 Å². The molecule has 0 saturated carbocycles. The van der Waals surface area contributed by atoms with Crippen molar-refractivity contribution in [3.8, 4) is 0 Å². The molecule has 3 heteroatoms. The first kappa shape index (κ1) is 13.2. The molecule has 1 aliphatic rings. The first-order chi connectivity index (χ1) is 9.11. The largest absolute Gasteiger partial charge is 0.345 e. The van der Waals surface area contributed by atoms with Crippen LogP contribution in [0.3, 0.4) is 0 Å². The van der Waals surface area contributed by atoms with Crippen LogP contribution in [-0.2, 0) is 7.05 Å². The molecular weight excluding hydrogens is 300 g/mol. The molecule has 3 rings (SSSR count). The smallest absolute Gasteiger partial charge is 0.0524 e. The highest BCUT2D eigenvalue weighted by molar-refractivity contribution is 9.10. The molecule has 1 saturated heterocycles. The summed E-state index contributed by atoms with van der Waals surface area (Å²) in [7, 11) is 2.20. The highest BCUT2D eigenvalue weighted by atomic mass is 79.9. The second-order valence-electron chi connectivity index (χ2n) is 5.66. The van der Waals surface area contributed by atoms with Gasteiger partial charge in [0.05, 0.1) is 5.52 Å². The van der Waals surface area contributed by atoms with Crippen molar-refractivity contribution in [1.82, 2.24) is 9.88 Å². The van der Waals surface area contributed by atoms with E-state index >= 15 is 0 Å². The Bertz CT molecular complexity index is 621. The van der Waals surface area contributed by atoms with Gasteiger partial charge in [-0.2, -0.15) is 0 Å². The zero-order chi connectivity index (χ0) is 13.6. The molecule has 1 N–H and O–H groups in total. The van der Waals surface area contributed by atoms with Crippen LogP contribution in [0.15, 0.2) is 16.6 Å². The van der Waals surface area contributed by atoms with E-state index in [1.807, 2.05) is 0 Å². The van der Waals surface area contributed by atoms with Gasteiger partial charge in [-0.1, -0.05) is 18.6 Å². The number of aryl methyl sites for hydroxylation is 3. The maximum absolute atomic E-state index is 3.84. The lowest BCUT2D eigenvalue weighted by atomic mass is 10.0. The molecule has 2 nitrogen and oxygen atoms in total. The molecule has 1 atom stereocenters. The minimum atomic E-state index is 0.486. The van der Waals surface area contributed by atoms with Crippen molar-refractivity contribution >= 4 is 26.8 Å². The van der Waals surface area contributed by atoms with E-state index in [4.69, 9.17) is 0 Å². The zero-order valence-corrected chi connectivity index (χ0v) is 13.5. The molecule has 1 fully saturated rings. The van der Waals surface area contributed by atoms with Crippen LogP contribution in [0.4, 0.5) is 0 Å². The van der Waals surface area contributed by atoms with Crippen molar-refractivity contribution in [2.75, 3.05) is 6.54 Å². The lowest BCUT2D eigenvalue weighted by Gasteiger charge is -2.25. The van der Waals surface area contributed by atoms with Crippen molar-refractivity contribution in [2.24, 2.45) is 7.05 Å². The normalized spacial score (nSPS) is 20.1. The summed E-state index contributed by atoms with van der Waals surface area (Å²) in [6.07, 6.45) is 3.86. The lowest BCUT2D eigenvalue weighted by Crippen LogP contribution is -2.28. The molecule has 0 bridgehead atoms. The lowest BCUT2D eigenvalue weighted by molar-refractivity contribution is 0.398. The first-order valence-corrected chi connectivity index (χ1v) is 7.88. The summed E-state index contributed by atoms with van der Waals surface area (Å²) in [5, 5.41) is 5.00. The average Bonchev–Trinajstić information content (AvgIpc) is 2.67. The van der Waals surface area contributed by atoms with E-state index in [9.17, 15) is 0 Å². The third-order valence-corrected chi connectivity index (χ3v) is 5.33. The van der Waals surface area contributed by atoms with Gasteiger partial charge >= 0.3 is 0 Å². The van der Waals surface area contributed by atoms with Gasteiger partial charge in [0.2, 0.25) is 0 Å². The van der Waals surface area contributed by atoms with Gasteiger partial charge in [0, 0.05) is 28.6 Å². The van der Waals surface area contributed by atoms with Gasteiger partial charge in [-0.15, -0.1) is 0 Å². The minimum absolute atomic E-state index is 0.486. The van der Waals surface area contributed by atoms with E-state index in [1.54, 1.807) is 0 Å². The van der Waals surface area contributed by atoms with Gasteiger partial charge < -0.3 is 9.88 Å². The van der Waals surface area contributed by atoms with E-state index in [-0.39, 0.29) is 0 Å². The van der Waals surface area contributed by atoms with Crippen molar-refractivity contribution in [3.05, 3.63) is 33.4 Å². The number of rotatable bonds is 1. The van der Waals surface area contributed by atoms with Gasteiger partial charge in [0.25, 0.3) is 0 Å². The predicted molar refractivity (Wildman–Crippen MR) is 84.7 cm³/mol.